The summed E-state index contributed by atoms with van der Waals surface area (Å²) in [4.78, 5) is 3.73. The van der Waals surface area contributed by atoms with E-state index in [4.69, 9.17) is 11.0 Å². The first kappa shape index (κ1) is 12.5. The van der Waals surface area contributed by atoms with E-state index < -0.39 is 12.6 Å². The van der Waals surface area contributed by atoms with Crippen LogP contribution in [0.25, 0.3) is 5.57 Å². The summed E-state index contributed by atoms with van der Waals surface area (Å²) < 4.78 is 36.2. The van der Waals surface area contributed by atoms with E-state index in [-0.39, 0.29) is 22.0 Å². The molecule has 0 spiro atoms. The van der Waals surface area contributed by atoms with Crippen LogP contribution in [0.1, 0.15) is 17.6 Å². The molecule has 1 aromatic rings. The minimum Gasteiger partial charge on any atom is -0.401 e. The molecule has 0 aliphatic carbocycles. The van der Waals surface area contributed by atoms with Gasteiger partial charge in [0.05, 0.1) is 17.7 Å². The van der Waals surface area contributed by atoms with Crippen molar-refractivity contribution in [2.75, 3.05) is 0 Å². The minimum absolute atomic E-state index is 0.0727. The highest BCUT2D eigenvalue weighted by atomic mass is 32.1. The zero-order valence-corrected chi connectivity index (χ0v) is 9.11. The molecule has 3 nitrogen and oxygen atoms in total. The predicted molar refractivity (Wildman–Crippen MR) is 54.3 cm³/mol. The van der Waals surface area contributed by atoms with E-state index in [2.05, 4.69) is 4.98 Å². The number of hydrogen-bond acceptors (Lipinski definition) is 4. The van der Waals surface area contributed by atoms with Crippen molar-refractivity contribution in [3.63, 3.8) is 0 Å². The average Bonchev–Trinajstić information content (AvgIpc) is 2.50. The lowest BCUT2D eigenvalue weighted by Gasteiger charge is -2.01. The van der Waals surface area contributed by atoms with E-state index in [9.17, 15) is 13.2 Å². The van der Waals surface area contributed by atoms with Crippen molar-refractivity contribution in [3.8, 4) is 6.07 Å². The standard InChI is InChI=1S/C9H8F3N3S/c1-5(14)6(3-13)7-4-16-8(15-7)2-9(10,11)12/h4H,2,14H2,1H3/b6-5+. The molecule has 86 valence electrons. The van der Waals surface area contributed by atoms with Crippen LogP contribution in [0.5, 0.6) is 0 Å². The van der Waals surface area contributed by atoms with Crippen LogP contribution in [0.3, 0.4) is 0 Å². The first-order chi connectivity index (χ1) is 7.33. The van der Waals surface area contributed by atoms with Gasteiger partial charge >= 0.3 is 6.18 Å². The first-order valence-corrected chi connectivity index (χ1v) is 5.09. The Balaban J connectivity index is 2.97. The molecule has 0 amide bonds. The molecule has 0 bridgehead atoms. The summed E-state index contributed by atoms with van der Waals surface area (Å²) in [5, 5.41) is 10.1. The van der Waals surface area contributed by atoms with Crippen molar-refractivity contribution in [3.05, 3.63) is 21.8 Å². The Hall–Kier alpha value is -1.55. The minimum atomic E-state index is -4.29. The molecular weight excluding hydrogens is 239 g/mol. The van der Waals surface area contributed by atoms with Crippen LogP contribution in [0.2, 0.25) is 0 Å². The van der Waals surface area contributed by atoms with Gasteiger partial charge in [-0.15, -0.1) is 11.3 Å². The topological polar surface area (TPSA) is 62.7 Å². The monoisotopic (exact) mass is 247 g/mol. The van der Waals surface area contributed by atoms with Crippen molar-refractivity contribution >= 4 is 16.9 Å². The number of hydrogen-bond donors (Lipinski definition) is 1. The molecular formula is C9H8F3N3S. The molecule has 2 N–H and O–H groups in total. The molecule has 0 aliphatic rings. The van der Waals surface area contributed by atoms with Crippen LogP contribution in [0, 0.1) is 11.3 Å². The van der Waals surface area contributed by atoms with E-state index in [1.165, 1.54) is 12.3 Å². The van der Waals surface area contributed by atoms with Gasteiger partial charge < -0.3 is 5.73 Å². The van der Waals surface area contributed by atoms with Crippen LogP contribution < -0.4 is 5.73 Å². The molecule has 0 radical (unpaired) electrons. The normalized spacial score (nSPS) is 13.2. The van der Waals surface area contributed by atoms with Crippen molar-refractivity contribution < 1.29 is 13.2 Å². The quantitative estimate of drug-likeness (QED) is 0.816. The summed E-state index contributed by atoms with van der Waals surface area (Å²) in [6.45, 7) is 1.50. The lowest BCUT2D eigenvalue weighted by atomic mass is 10.2. The van der Waals surface area contributed by atoms with Crippen molar-refractivity contribution in [1.82, 2.24) is 4.98 Å². The lowest BCUT2D eigenvalue weighted by Crippen LogP contribution is -2.11. The van der Waals surface area contributed by atoms with E-state index in [0.29, 0.717) is 0 Å². The second-order valence-electron chi connectivity index (χ2n) is 3.09. The molecule has 1 aromatic heterocycles. The van der Waals surface area contributed by atoms with Gasteiger partial charge in [-0.2, -0.15) is 18.4 Å². The number of rotatable bonds is 2. The summed E-state index contributed by atoms with van der Waals surface area (Å²) in [6.07, 6.45) is -5.37. The first-order valence-electron chi connectivity index (χ1n) is 4.21. The highest BCUT2D eigenvalue weighted by Gasteiger charge is 2.29. The number of alkyl halides is 3. The van der Waals surface area contributed by atoms with Gasteiger partial charge in [-0.25, -0.2) is 4.98 Å². The third-order valence-electron chi connectivity index (χ3n) is 1.67. The average molecular weight is 247 g/mol. The second-order valence-corrected chi connectivity index (χ2v) is 4.03. The fourth-order valence-corrected chi connectivity index (χ4v) is 1.84. The molecule has 1 rings (SSSR count). The summed E-state index contributed by atoms with van der Waals surface area (Å²) in [6, 6.07) is 1.81. The SMILES string of the molecule is C/C(N)=C(/C#N)c1csc(CC(F)(F)F)n1. The highest BCUT2D eigenvalue weighted by molar-refractivity contribution is 7.09. The highest BCUT2D eigenvalue weighted by Crippen LogP contribution is 2.25. The van der Waals surface area contributed by atoms with Crippen molar-refractivity contribution in [2.24, 2.45) is 5.73 Å². The maximum Gasteiger partial charge on any atom is 0.395 e. The van der Waals surface area contributed by atoms with Gasteiger partial charge in [0.1, 0.15) is 11.1 Å². The smallest absolute Gasteiger partial charge is 0.395 e. The van der Waals surface area contributed by atoms with E-state index in [1.807, 2.05) is 6.07 Å². The zero-order valence-electron chi connectivity index (χ0n) is 8.30. The summed E-state index contributed by atoms with van der Waals surface area (Å²) in [5.74, 6) is 0. The number of nitrogens with two attached hydrogens (primary N) is 1. The van der Waals surface area contributed by atoms with Crippen LogP contribution in [-0.2, 0) is 6.42 Å². The molecule has 1 heterocycles. The zero-order chi connectivity index (χ0) is 12.3. The molecule has 0 aliphatic heterocycles. The second kappa shape index (κ2) is 4.53. The van der Waals surface area contributed by atoms with Gasteiger partial charge in [-0.1, -0.05) is 0 Å². The predicted octanol–water partition coefficient (Wildman–Crippen LogP) is 2.46. The maximum atomic E-state index is 12.1. The van der Waals surface area contributed by atoms with E-state index in [0.717, 1.165) is 11.3 Å². The van der Waals surface area contributed by atoms with Crippen molar-refractivity contribution in [2.45, 2.75) is 19.5 Å². The number of thiazole rings is 1. The lowest BCUT2D eigenvalue weighted by molar-refractivity contribution is -0.127. The summed E-state index contributed by atoms with van der Waals surface area (Å²) >= 11 is 0.866. The van der Waals surface area contributed by atoms with Gasteiger partial charge in [0.2, 0.25) is 0 Å². The van der Waals surface area contributed by atoms with Gasteiger partial charge in [-0.05, 0) is 6.92 Å². The Morgan fingerprint density at radius 3 is 2.69 bits per heavy atom. The van der Waals surface area contributed by atoms with Crippen LogP contribution in [0.15, 0.2) is 11.1 Å². The molecule has 16 heavy (non-hydrogen) atoms. The molecule has 7 heteroatoms. The Bertz CT molecular complexity index is 449. The molecule has 0 fully saturated rings. The van der Waals surface area contributed by atoms with Crippen LogP contribution in [0.4, 0.5) is 13.2 Å². The largest absolute Gasteiger partial charge is 0.401 e. The fraction of sp³-hybridized carbons (Fsp3) is 0.333. The number of allylic oxidation sites excluding steroid dienone is 2. The van der Waals surface area contributed by atoms with Crippen LogP contribution >= 0.6 is 11.3 Å². The number of aromatic nitrogens is 1. The molecule has 0 atom stereocenters. The van der Waals surface area contributed by atoms with Gasteiger partial charge in [0.25, 0.3) is 0 Å². The fourth-order valence-electron chi connectivity index (χ4n) is 1.03. The third-order valence-corrected chi connectivity index (χ3v) is 2.51. The van der Waals surface area contributed by atoms with Gasteiger partial charge in [-0.3, -0.25) is 0 Å². The maximum absolute atomic E-state index is 12.1. The summed E-state index contributed by atoms with van der Waals surface area (Å²) in [7, 11) is 0. The van der Waals surface area contributed by atoms with Crippen molar-refractivity contribution in [1.29, 1.82) is 5.26 Å². The summed E-state index contributed by atoms with van der Waals surface area (Å²) in [5.41, 5.74) is 5.97. The molecule has 0 aromatic carbocycles. The Morgan fingerprint density at radius 2 is 2.25 bits per heavy atom. The Morgan fingerprint density at radius 1 is 1.62 bits per heavy atom. The Kier molecular flexibility index (Phi) is 3.55. The molecule has 0 saturated carbocycles. The van der Waals surface area contributed by atoms with Crippen LogP contribution in [-0.4, -0.2) is 11.2 Å². The van der Waals surface area contributed by atoms with Gasteiger partial charge in [0, 0.05) is 11.1 Å². The Labute approximate surface area is 94.0 Å². The number of nitrogens with zero attached hydrogens (tertiary/aromatic N) is 2. The molecule has 0 saturated heterocycles. The van der Waals surface area contributed by atoms with Gasteiger partial charge in [0.15, 0.2) is 0 Å². The number of halogens is 3. The number of nitriles is 1. The van der Waals surface area contributed by atoms with E-state index >= 15 is 0 Å². The van der Waals surface area contributed by atoms with E-state index in [1.54, 1.807) is 0 Å². The third kappa shape index (κ3) is 3.24. The molecule has 0 unspecified atom stereocenters.